The number of likely N-dealkylation sites (N-methyl/N-ethyl adjacent to an activating group) is 1. The average molecular weight is 489 g/mol. The van der Waals surface area contributed by atoms with E-state index in [1.165, 1.54) is 5.56 Å². The number of amides is 2. The molecule has 1 N–H and O–H groups in total. The van der Waals surface area contributed by atoms with Crippen LogP contribution < -0.4 is 10.1 Å². The molecular formula is C25H33BrN2O3. The number of carbonyl (C=O) groups excluding carboxylic acids is 2. The number of hydrogen-bond acceptors (Lipinski definition) is 3. The van der Waals surface area contributed by atoms with Crippen LogP contribution in [-0.2, 0) is 16.1 Å². The molecule has 0 saturated carbocycles. The summed E-state index contributed by atoms with van der Waals surface area (Å²) < 4.78 is 6.65. The van der Waals surface area contributed by atoms with E-state index in [1.54, 1.807) is 4.90 Å². The Labute approximate surface area is 194 Å². The number of halogens is 1. The van der Waals surface area contributed by atoms with E-state index in [2.05, 4.69) is 35.1 Å². The minimum Gasteiger partial charge on any atom is -0.483 e. The Morgan fingerprint density at radius 1 is 1.13 bits per heavy atom. The highest BCUT2D eigenvalue weighted by atomic mass is 79.9. The van der Waals surface area contributed by atoms with Crippen LogP contribution in [0.1, 0.15) is 56.7 Å². The molecule has 2 rings (SSSR count). The summed E-state index contributed by atoms with van der Waals surface area (Å²) in [5.41, 5.74) is 3.29. The van der Waals surface area contributed by atoms with Crippen molar-refractivity contribution < 1.29 is 14.3 Å². The van der Waals surface area contributed by atoms with E-state index in [4.69, 9.17) is 4.74 Å². The maximum Gasteiger partial charge on any atom is 0.261 e. The van der Waals surface area contributed by atoms with Gasteiger partial charge >= 0.3 is 0 Å². The fourth-order valence-electron chi connectivity index (χ4n) is 3.43. The van der Waals surface area contributed by atoms with E-state index in [-0.39, 0.29) is 18.4 Å². The SMILES string of the molecule is CCNC(=O)[C@H](CC)N(Cc1cccc(C)c1)C(=O)COc1ccc(C(C)C)cc1Br. The Morgan fingerprint density at radius 2 is 1.87 bits per heavy atom. The highest BCUT2D eigenvalue weighted by Gasteiger charge is 2.28. The summed E-state index contributed by atoms with van der Waals surface area (Å²) in [6.45, 7) is 10.8. The smallest absolute Gasteiger partial charge is 0.261 e. The van der Waals surface area contributed by atoms with E-state index in [0.717, 1.165) is 15.6 Å². The van der Waals surface area contributed by atoms with Crippen LogP contribution in [0.5, 0.6) is 5.75 Å². The number of ether oxygens (including phenoxy) is 1. The molecule has 0 fully saturated rings. The van der Waals surface area contributed by atoms with Crippen LogP contribution in [0, 0.1) is 6.92 Å². The summed E-state index contributed by atoms with van der Waals surface area (Å²) in [5, 5.41) is 2.85. The minimum atomic E-state index is -0.552. The Balaban J connectivity index is 2.21. The molecule has 2 aromatic rings. The Hall–Kier alpha value is -2.34. The highest BCUT2D eigenvalue weighted by Crippen LogP contribution is 2.29. The first-order chi connectivity index (χ1) is 14.8. The molecule has 0 aliphatic rings. The molecular weight excluding hydrogens is 456 g/mol. The lowest BCUT2D eigenvalue weighted by atomic mass is 10.0. The first-order valence-corrected chi connectivity index (χ1v) is 11.6. The molecule has 0 saturated heterocycles. The molecule has 5 nitrogen and oxygen atoms in total. The first-order valence-electron chi connectivity index (χ1n) is 10.8. The van der Waals surface area contributed by atoms with E-state index >= 15 is 0 Å². The lowest BCUT2D eigenvalue weighted by molar-refractivity contribution is -0.142. The minimum absolute atomic E-state index is 0.138. The maximum absolute atomic E-state index is 13.2. The van der Waals surface area contributed by atoms with Gasteiger partial charge in [0, 0.05) is 13.1 Å². The molecule has 2 aromatic carbocycles. The third kappa shape index (κ3) is 7.10. The lowest BCUT2D eigenvalue weighted by Crippen LogP contribution is -2.50. The van der Waals surface area contributed by atoms with Crippen LogP contribution in [0.4, 0.5) is 0 Å². The molecule has 0 heterocycles. The van der Waals surface area contributed by atoms with E-state index in [1.807, 2.05) is 63.2 Å². The van der Waals surface area contributed by atoms with Gasteiger partial charge < -0.3 is 15.0 Å². The molecule has 0 bridgehead atoms. The molecule has 6 heteroatoms. The fourth-order valence-corrected chi connectivity index (χ4v) is 3.95. The summed E-state index contributed by atoms with van der Waals surface area (Å²) >= 11 is 3.54. The number of hydrogen-bond donors (Lipinski definition) is 1. The number of rotatable bonds is 10. The second-order valence-electron chi connectivity index (χ2n) is 7.96. The van der Waals surface area contributed by atoms with Crippen molar-refractivity contribution in [2.24, 2.45) is 0 Å². The maximum atomic E-state index is 13.2. The van der Waals surface area contributed by atoms with E-state index in [0.29, 0.717) is 31.2 Å². The number of nitrogens with one attached hydrogen (secondary N) is 1. The van der Waals surface area contributed by atoms with Gasteiger partial charge in [-0.2, -0.15) is 0 Å². The standard InChI is InChI=1S/C25H33BrN2O3/c1-6-22(25(30)27-7-2)28(15-19-10-8-9-18(5)13-19)24(29)16-31-23-12-11-20(17(3)4)14-21(23)26/h8-14,17,22H,6-7,15-16H2,1-5H3,(H,27,30)/t22-/m0/s1. The van der Waals surface area contributed by atoms with Gasteiger partial charge in [-0.1, -0.05) is 56.7 Å². The van der Waals surface area contributed by atoms with Gasteiger partial charge in [-0.15, -0.1) is 0 Å². The number of aryl methyl sites for hydroxylation is 1. The van der Waals surface area contributed by atoms with Gasteiger partial charge in [0.2, 0.25) is 5.91 Å². The van der Waals surface area contributed by atoms with Crippen molar-refractivity contribution in [2.45, 2.75) is 59.5 Å². The van der Waals surface area contributed by atoms with Gasteiger partial charge in [-0.05, 0) is 65.4 Å². The van der Waals surface area contributed by atoms with Crippen molar-refractivity contribution in [2.75, 3.05) is 13.2 Å². The monoisotopic (exact) mass is 488 g/mol. The molecule has 0 aliphatic heterocycles. The summed E-state index contributed by atoms with van der Waals surface area (Å²) in [4.78, 5) is 27.5. The van der Waals surface area contributed by atoms with Gasteiger partial charge in [0.1, 0.15) is 11.8 Å². The fraction of sp³-hybridized carbons (Fsp3) is 0.440. The van der Waals surface area contributed by atoms with Crippen molar-refractivity contribution in [3.8, 4) is 5.75 Å². The highest BCUT2D eigenvalue weighted by molar-refractivity contribution is 9.10. The van der Waals surface area contributed by atoms with Crippen LogP contribution in [0.3, 0.4) is 0 Å². The zero-order chi connectivity index (χ0) is 23.0. The normalized spacial score (nSPS) is 11.8. The molecule has 31 heavy (non-hydrogen) atoms. The lowest BCUT2D eigenvalue weighted by Gasteiger charge is -2.30. The molecule has 2 amide bonds. The summed E-state index contributed by atoms with van der Waals surface area (Å²) in [5.74, 6) is 0.645. The largest absolute Gasteiger partial charge is 0.483 e. The van der Waals surface area contributed by atoms with Gasteiger partial charge in [-0.3, -0.25) is 9.59 Å². The summed E-state index contributed by atoms with van der Waals surface area (Å²) in [6.07, 6.45) is 0.524. The third-order valence-corrected chi connectivity index (χ3v) is 5.77. The predicted molar refractivity (Wildman–Crippen MR) is 128 cm³/mol. The van der Waals surface area contributed by atoms with Crippen LogP contribution in [0.2, 0.25) is 0 Å². The summed E-state index contributed by atoms with van der Waals surface area (Å²) in [7, 11) is 0. The van der Waals surface area contributed by atoms with Crippen LogP contribution in [0.15, 0.2) is 46.9 Å². The third-order valence-electron chi connectivity index (χ3n) is 5.15. The Bertz CT molecular complexity index is 898. The molecule has 0 unspecified atom stereocenters. The number of carbonyl (C=O) groups is 2. The van der Waals surface area contributed by atoms with E-state index in [9.17, 15) is 9.59 Å². The Morgan fingerprint density at radius 3 is 2.45 bits per heavy atom. The van der Waals surface area contributed by atoms with Gasteiger partial charge in [0.15, 0.2) is 6.61 Å². The van der Waals surface area contributed by atoms with Crippen molar-refractivity contribution in [3.05, 3.63) is 63.6 Å². The predicted octanol–water partition coefficient (Wildman–Crippen LogP) is 5.20. The van der Waals surface area contributed by atoms with Crippen molar-refractivity contribution in [3.63, 3.8) is 0 Å². The first kappa shape index (κ1) is 24.9. The zero-order valence-corrected chi connectivity index (χ0v) is 20.7. The quantitative estimate of drug-likeness (QED) is 0.499. The molecule has 0 spiro atoms. The molecule has 0 aromatic heterocycles. The molecule has 0 aliphatic carbocycles. The van der Waals surface area contributed by atoms with Crippen molar-refractivity contribution in [1.82, 2.24) is 10.2 Å². The average Bonchev–Trinajstić information content (AvgIpc) is 2.72. The van der Waals surface area contributed by atoms with Crippen molar-refractivity contribution >= 4 is 27.7 Å². The van der Waals surface area contributed by atoms with Crippen molar-refractivity contribution in [1.29, 1.82) is 0 Å². The summed E-state index contributed by atoms with van der Waals surface area (Å²) in [6, 6.07) is 13.3. The van der Waals surface area contributed by atoms with Gasteiger partial charge in [0.25, 0.3) is 5.91 Å². The topological polar surface area (TPSA) is 58.6 Å². The molecule has 168 valence electrons. The number of benzene rings is 2. The van der Waals surface area contributed by atoms with Crippen LogP contribution in [0.25, 0.3) is 0 Å². The molecule has 1 atom stereocenters. The van der Waals surface area contributed by atoms with Gasteiger partial charge in [-0.25, -0.2) is 0 Å². The second kappa shape index (κ2) is 11.9. The van der Waals surface area contributed by atoms with Crippen LogP contribution in [-0.4, -0.2) is 35.9 Å². The van der Waals surface area contributed by atoms with Crippen LogP contribution >= 0.6 is 15.9 Å². The second-order valence-corrected chi connectivity index (χ2v) is 8.82. The number of nitrogens with zero attached hydrogens (tertiary/aromatic N) is 1. The van der Waals surface area contributed by atoms with E-state index < -0.39 is 6.04 Å². The van der Waals surface area contributed by atoms with Gasteiger partial charge in [0.05, 0.1) is 4.47 Å². The Kier molecular flexibility index (Phi) is 9.56. The molecule has 0 radical (unpaired) electrons. The zero-order valence-electron chi connectivity index (χ0n) is 19.1.